The Balaban J connectivity index is 0.00000220. The molecule has 2 rings (SSSR count). The average molecular weight is 368 g/mol. The van der Waals surface area contributed by atoms with Gasteiger partial charge in [0, 0.05) is 17.5 Å². The summed E-state index contributed by atoms with van der Waals surface area (Å²) in [5.41, 5.74) is 1.02. The third-order valence-electron chi connectivity index (χ3n) is 4.08. The molecule has 4 nitrogen and oxygen atoms in total. The Morgan fingerprint density at radius 1 is 1.41 bits per heavy atom. The molecule has 1 amide bonds. The van der Waals surface area contributed by atoms with E-state index in [4.69, 9.17) is 0 Å². The van der Waals surface area contributed by atoms with Crippen molar-refractivity contribution in [2.24, 2.45) is 11.8 Å². The number of carbonyl (C=O) groups excluding carboxylic acids is 1. The number of aryl methyl sites for hydroxylation is 1. The zero-order chi connectivity index (χ0) is 14.5. The van der Waals surface area contributed by atoms with Crippen LogP contribution >= 0.6 is 36.2 Å². The van der Waals surface area contributed by atoms with Crippen LogP contribution in [0.25, 0.3) is 0 Å². The number of nitrogens with zero attached hydrogens (tertiary/aromatic N) is 1. The third-order valence-corrected chi connectivity index (χ3v) is 5.23. The van der Waals surface area contributed by atoms with Gasteiger partial charge in [0.05, 0.1) is 6.04 Å². The number of halogens is 2. The summed E-state index contributed by atoms with van der Waals surface area (Å²) in [7, 11) is 0. The molecule has 1 aromatic heterocycles. The molecular weight excluding hydrogens is 341 g/mol. The van der Waals surface area contributed by atoms with Crippen molar-refractivity contribution >= 4 is 42.1 Å². The van der Waals surface area contributed by atoms with Crippen molar-refractivity contribution in [2.75, 3.05) is 13.1 Å². The Kier molecular flexibility index (Phi) is 10.3. The predicted octanol–water partition coefficient (Wildman–Crippen LogP) is 3.50. The van der Waals surface area contributed by atoms with Crippen molar-refractivity contribution < 1.29 is 4.79 Å². The molecule has 0 aliphatic carbocycles. The number of rotatable bonds is 5. The monoisotopic (exact) mass is 367 g/mol. The molecule has 1 aliphatic rings. The van der Waals surface area contributed by atoms with E-state index < -0.39 is 0 Å². The van der Waals surface area contributed by atoms with Crippen molar-refractivity contribution in [2.45, 2.75) is 46.1 Å². The van der Waals surface area contributed by atoms with Gasteiger partial charge >= 0.3 is 0 Å². The van der Waals surface area contributed by atoms with Crippen LogP contribution in [0.2, 0.25) is 0 Å². The lowest BCUT2D eigenvalue weighted by atomic mass is 9.84. The van der Waals surface area contributed by atoms with E-state index in [0.29, 0.717) is 18.3 Å². The number of hydrogen-bond donors (Lipinski definition) is 2. The van der Waals surface area contributed by atoms with Crippen LogP contribution in [0.5, 0.6) is 0 Å². The Morgan fingerprint density at radius 3 is 2.59 bits per heavy atom. The maximum absolute atomic E-state index is 12.1. The van der Waals surface area contributed by atoms with E-state index >= 15 is 0 Å². The van der Waals surface area contributed by atoms with Crippen molar-refractivity contribution in [1.29, 1.82) is 0 Å². The van der Waals surface area contributed by atoms with Gasteiger partial charge in [0.15, 0.2) is 0 Å². The summed E-state index contributed by atoms with van der Waals surface area (Å²) in [5, 5.41) is 9.46. The summed E-state index contributed by atoms with van der Waals surface area (Å²) in [6, 6.07) is 0.0152. The quantitative estimate of drug-likeness (QED) is 0.837. The number of piperidine rings is 1. The summed E-state index contributed by atoms with van der Waals surface area (Å²) in [6.45, 7) is 8.36. The minimum Gasteiger partial charge on any atom is -0.347 e. The Hall–Kier alpha value is -0.360. The standard InChI is InChI=1S/C15H25N3OS.2ClH/c1-10(13-4-6-16-7-5-13)8-14(19)18-12(3)15-17-11(2)9-20-15;;/h9-10,12-13,16H,4-8H2,1-3H3,(H,18,19);2*1H. The highest BCUT2D eigenvalue weighted by molar-refractivity contribution is 7.09. The van der Waals surface area contributed by atoms with Crippen LogP contribution in [0.1, 0.15) is 49.9 Å². The first-order valence-corrected chi connectivity index (χ1v) is 8.36. The number of aromatic nitrogens is 1. The molecule has 2 atom stereocenters. The molecule has 2 N–H and O–H groups in total. The second-order valence-electron chi connectivity index (χ2n) is 5.89. The SMILES string of the molecule is Cc1csc(C(C)NC(=O)CC(C)C2CCNCC2)n1.Cl.Cl. The molecule has 22 heavy (non-hydrogen) atoms. The lowest BCUT2D eigenvalue weighted by Gasteiger charge is -2.28. The number of hydrogen-bond acceptors (Lipinski definition) is 4. The number of amides is 1. The first-order chi connectivity index (χ1) is 9.56. The van der Waals surface area contributed by atoms with Crippen LogP contribution in [0.3, 0.4) is 0 Å². The second kappa shape index (κ2) is 10.4. The minimum atomic E-state index is 0. The van der Waals surface area contributed by atoms with E-state index in [-0.39, 0.29) is 36.8 Å². The van der Waals surface area contributed by atoms with E-state index in [9.17, 15) is 4.79 Å². The summed E-state index contributed by atoms with van der Waals surface area (Å²) in [4.78, 5) is 16.6. The normalized spacial score (nSPS) is 17.8. The molecule has 0 spiro atoms. The highest BCUT2D eigenvalue weighted by atomic mass is 35.5. The lowest BCUT2D eigenvalue weighted by molar-refractivity contribution is -0.123. The topological polar surface area (TPSA) is 54.0 Å². The molecule has 2 unspecified atom stereocenters. The van der Waals surface area contributed by atoms with E-state index in [1.165, 1.54) is 12.8 Å². The van der Waals surface area contributed by atoms with Gasteiger partial charge in [0.1, 0.15) is 5.01 Å². The molecule has 1 aromatic rings. The van der Waals surface area contributed by atoms with Crippen LogP contribution in [-0.4, -0.2) is 24.0 Å². The molecule has 0 saturated carbocycles. The molecule has 0 bridgehead atoms. The Bertz CT molecular complexity index is 450. The molecule has 128 valence electrons. The fraction of sp³-hybridized carbons (Fsp3) is 0.733. The largest absolute Gasteiger partial charge is 0.347 e. The van der Waals surface area contributed by atoms with Crippen LogP contribution in [0, 0.1) is 18.8 Å². The molecule has 1 aliphatic heterocycles. The zero-order valence-corrected chi connectivity index (χ0v) is 15.9. The van der Waals surface area contributed by atoms with Gasteiger partial charge in [-0.05, 0) is 51.6 Å². The molecule has 1 saturated heterocycles. The summed E-state index contributed by atoms with van der Waals surface area (Å²) >= 11 is 1.61. The van der Waals surface area contributed by atoms with Crippen LogP contribution < -0.4 is 10.6 Å². The van der Waals surface area contributed by atoms with Gasteiger partial charge in [0.2, 0.25) is 5.91 Å². The van der Waals surface area contributed by atoms with Crippen molar-refractivity contribution in [3.63, 3.8) is 0 Å². The first-order valence-electron chi connectivity index (χ1n) is 7.48. The Labute approximate surface area is 149 Å². The molecule has 0 aromatic carbocycles. The smallest absolute Gasteiger partial charge is 0.220 e. The van der Waals surface area contributed by atoms with Gasteiger partial charge in [-0.3, -0.25) is 4.79 Å². The molecule has 0 radical (unpaired) electrons. The van der Waals surface area contributed by atoms with Gasteiger partial charge in [-0.2, -0.15) is 0 Å². The van der Waals surface area contributed by atoms with Crippen LogP contribution in [0.15, 0.2) is 5.38 Å². The number of thiazole rings is 1. The maximum Gasteiger partial charge on any atom is 0.220 e. The summed E-state index contributed by atoms with van der Waals surface area (Å²) < 4.78 is 0. The highest BCUT2D eigenvalue weighted by Gasteiger charge is 2.23. The minimum absolute atomic E-state index is 0. The van der Waals surface area contributed by atoms with Crippen molar-refractivity contribution in [3.8, 4) is 0 Å². The molecule has 2 heterocycles. The van der Waals surface area contributed by atoms with Gasteiger partial charge < -0.3 is 10.6 Å². The van der Waals surface area contributed by atoms with Crippen LogP contribution in [-0.2, 0) is 4.79 Å². The van der Waals surface area contributed by atoms with Crippen molar-refractivity contribution in [3.05, 3.63) is 16.1 Å². The number of nitrogens with one attached hydrogen (secondary N) is 2. The van der Waals surface area contributed by atoms with Crippen molar-refractivity contribution in [1.82, 2.24) is 15.6 Å². The van der Waals surface area contributed by atoms with Gasteiger partial charge in [0.25, 0.3) is 0 Å². The second-order valence-corrected chi connectivity index (χ2v) is 6.77. The van der Waals surface area contributed by atoms with Gasteiger partial charge in [-0.1, -0.05) is 6.92 Å². The third kappa shape index (κ3) is 6.41. The van der Waals surface area contributed by atoms with E-state index in [2.05, 4.69) is 22.5 Å². The van der Waals surface area contributed by atoms with E-state index in [0.717, 1.165) is 23.8 Å². The lowest BCUT2D eigenvalue weighted by Crippen LogP contribution is -2.34. The summed E-state index contributed by atoms with van der Waals surface area (Å²) in [5.74, 6) is 1.29. The van der Waals surface area contributed by atoms with Gasteiger partial charge in [-0.15, -0.1) is 36.2 Å². The average Bonchev–Trinajstić information content (AvgIpc) is 2.86. The summed E-state index contributed by atoms with van der Waals surface area (Å²) in [6.07, 6.45) is 3.00. The fourth-order valence-electron chi connectivity index (χ4n) is 2.81. The molecule has 1 fully saturated rings. The van der Waals surface area contributed by atoms with E-state index in [1.54, 1.807) is 11.3 Å². The predicted molar refractivity (Wildman–Crippen MR) is 97.3 cm³/mol. The highest BCUT2D eigenvalue weighted by Crippen LogP contribution is 2.25. The fourth-order valence-corrected chi connectivity index (χ4v) is 3.61. The molecular formula is C15H27Cl2N3OS. The van der Waals surface area contributed by atoms with Crippen LogP contribution in [0.4, 0.5) is 0 Å². The van der Waals surface area contributed by atoms with E-state index in [1.807, 2.05) is 19.2 Å². The number of carbonyl (C=O) groups is 1. The first kappa shape index (κ1) is 21.6. The Morgan fingerprint density at radius 2 is 2.05 bits per heavy atom. The molecule has 7 heteroatoms. The van der Waals surface area contributed by atoms with Gasteiger partial charge in [-0.25, -0.2) is 4.98 Å². The zero-order valence-electron chi connectivity index (χ0n) is 13.4. The maximum atomic E-state index is 12.1.